The van der Waals surface area contributed by atoms with Crippen LogP contribution in [0.25, 0.3) is 0 Å². The largest absolute Gasteiger partial charge is 0.495 e. The fraction of sp³-hybridized carbons (Fsp3) is 0.296. The molecule has 37 heavy (non-hydrogen) atoms. The number of nitrogens with one attached hydrogen (secondary N) is 1. The van der Waals surface area contributed by atoms with E-state index in [-0.39, 0.29) is 41.1 Å². The van der Waals surface area contributed by atoms with E-state index in [2.05, 4.69) is 4.72 Å². The van der Waals surface area contributed by atoms with Crippen molar-refractivity contribution in [2.45, 2.75) is 31.0 Å². The number of ether oxygens (including phenoxy) is 3. The molecule has 10 heteroatoms. The van der Waals surface area contributed by atoms with Crippen LogP contribution in [0.4, 0.5) is 10.1 Å². The molecule has 1 N–H and O–H groups in total. The molecule has 8 nitrogen and oxygen atoms in total. The second-order valence-corrected chi connectivity index (χ2v) is 10.4. The van der Waals surface area contributed by atoms with Crippen molar-refractivity contribution in [1.29, 1.82) is 0 Å². The molecule has 1 aliphatic rings. The molecule has 1 saturated heterocycles. The van der Waals surface area contributed by atoms with Gasteiger partial charge in [0.05, 0.1) is 25.9 Å². The van der Waals surface area contributed by atoms with E-state index >= 15 is 4.39 Å². The molecule has 1 heterocycles. The minimum absolute atomic E-state index is 0.126. The number of aryl methyl sites for hydroxylation is 2. The van der Waals surface area contributed by atoms with Crippen LogP contribution in [0, 0.1) is 19.7 Å². The van der Waals surface area contributed by atoms with Gasteiger partial charge in [-0.2, -0.15) is 0 Å². The smallest absolute Gasteiger partial charge is 0.265 e. The Morgan fingerprint density at radius 2 is 1.54 bits per heavy atom. The monoisotopic (exact) mass is 528 g/mol. The van der Waals surface area contributed by atoms with Gasteiger partial charge in [0.15, 0.2) is 11.6 Å². The number of halogens is 1. The highest BCUT2D eigenvalue weighted by atomic mass is 32.2. The van der Waals surface area contributed by atoms with Crippen LogP contribution in [0.5, 0.6) is 11.5 Å². The predicted molar refractivity (Wildman–Crippen MR) is 137 cm³/mol. The van der Waals surface area contributed by atoms with Crippen LogP contribution in [-0.2, 0) is 14.8 Å². The number of carbonyl (C=O) groups excluding carboxylic acids is 1. The van der Waals surface area contributed by atoms with Gasteiger partial charge in [-0.15, -0.1) is 0 Å². The quantitative estimate of drug-likeness (QED) is 0.472. The molecule has 196 valence electrons. The van der Waals surface area contributed by atoms with Crippen LogP contribution >= 0.6 is 0 Å². The lowest BCUT2D eigenvalue weighted by Gasteiger charge is -2.20. The normalized spacial score (nSPS) is 17.5. The SMILES string of the molecule is COc1ccccc1S(=O)(=O)Nc1cccc(O[C@@H]2CN(C(=O)c3c(C)cccc3C)C[C@H]2OC)c1F. The average molecular weight is 529 g/mol. The van der Waals surface area contributed by atoms with Crippen LogP contribution < -0.4 is 14.2 Å². The molecule has 0 bridgehead atoms. The second kappa shape index (κ2) is 10.8. The summed E-state index contributed by atoms with van der Waals surface area (Å²) in [5, 5.41) is 0. The van der Waals surface area contributed by atoms with Crippen molar-refractivity contribution in [3.63, 3.8) is 0 Å². The van der Waals surface area contributed by atoms with Crippen LogP contribution in [0.1, 0.15) is 21.5 Å². The lowest BCUT2D eigenvalue weighted by molar-refractivity contribution is 0.0323. The Morgan fingerprint density at radius 1 is 0.919 bits per heavy atom. The summed E-state index contributed by atoms with van der Waals surface area (Å²) in [5.41, 5.74) is 2.07. The van der Waals surface area contributed by atoms with Gasteiger partial charge in [0.2, 0.25) is 0 Å². The van der Waals surface area contributed by atoms with Gasteiger partial charge in [0.1, 0.15) is 22.9 Å². The molecule has 0 radical (unpaired) electrons. The lowest BCUT2D eigenvalue weighted by Crippen LogP contribution is -2.32. The summed E-state index contributed by atoms with van der Waals surface area (Å²) >= 11 is 0. The molecular formula is C27H29FN2O6S. The zero-order valence-corrected chi connectivity index (χ0v) is 21.8. The van der Waals surface area contributed by atoms with Gasteiger partial charge in [-0.1, -0.05) is 36.4 Å². The first-order valence-electron chi connectivity index (χ1n) is 11.7. The molecule has 1 aliphatic heterocycles. The predicted octanol–water partition coefficient (Wildman–Crippen LogP) is 4.17. The first-order chi connectivity index (χ1) is 17.7. The van der Waals surface area contributed by atoms with Crippen LogP contribution in [0.15, 0.2) is 65.6 Å². The van der Waals surface area contributed by atoms with Crippen molar-refractivity contribution in [2.75, 3.05) is 32.0 Å². The van der Waals surface area contributed by atoms with Gasteiger partial charge in [0, 0.05) is 12.7 Å². The van der Waals surface area contributed by atoms with Gasteiger partial charge >= 0.3 is 0 Å². The molecule has 4 rings (SSSR count). The van der Waals surface area contributed by atoms with E-state index < -0.39 is 28.0 Å². The Balaban J connectivity index is 1.55. The highest BCUT2D eigenvalue weighted by Gasteiger charge is 2.38. The number of amides is 1. The molecule has 0 aromatic heterocycles. The Labute approximate surface area is 216 Å². The van der Waals surface area contributed by atoms with Gasteiger partial charge in [-0.05, 0) is 49.2 Å². The molecule has 0 aliphatic carbocycles. The van der Waals surface area contributed by atoms with E-state index in [1.165, 1.54) is 44.6 Å². The second-order valence-electron chi connectivity index (χ2n) is 8.78. The summed E-state index contributed by atoms with van der Waals surface area (Å²) in [6, 6.07) is 15.9. The van der Waals surface area contributed by atoms with Crippen molar-refractivity contribution >= 4 is 21.6 Å². The zero-order chi connectivity index (χ0) is 26.7. The fourth-order valence-corrected chi connectivity index (χ4v) is 5.67. The molecule has 0 saturated carbocycles. The third-order valence-corrected chi connectivity index (χ3v) is 7.75. The number of likely N-dealkylation sites (tertiary alicyclic amines) is 1. The minimum Gasteiger partial charge on any atom is -0.495 e. The maximum atomic E-state index is 15.4. The number of sulfonamides is 1. The standard InChI is InChI=1S/C27H29FN2O6S/c1-17-9-7-10-18(2)25(17)27(31)30-15-22(35-4)23(16-30)36-21-13-8-11-19(26(21)28)29-37(32,33)24-14-6-5-12-20(24)34-3/h5-14,22-23,29H,15-16H2,1-4H3/t22-,23-/m1/s1. The summed E-state index contributed by atoms with van der Waals surface area (Å²) in [6.07, 6.45) is -1.16. The third-order valence-electron chi connectivity index (χ3n) is 6.34. The van der Waals surface area contributed by atoms with Gasteiger partial charge < -0.3 is 19.1 Å². The van der Waals surface area contributed by atoms with E-state index in [1.807, 2.05) is 32.0 Å². The van der Waals surface area contributed by atoms with Gasteiger partial charge in [0.25, 0.3) is 15.9 Å². The van der Waals surface area contributed by atoms with Crippen molar-refractivity contribution in [3.05, 3.63) is 83.2 Å². The molecule has 3 aromatic carbocycles. The van der Waals surface area contributed by atoms with E-state index in [4.69, 9.17) is 14.2 Å². The zero-order valence-electron chi connectivity index (χ0n) is 21.0. The highest BCUT2D eigenvalue weighted by Crippen LogP contribution is 2.31. The van der Waals surface area contributed by atoms with Gasteiger partial charge in [-0.25, -0.2) is 12.8 Å². The molecule has 1 fully saturated rings. The third kappa shape index (κ3) is 5.40. The Kier molecular flexibility index (Phi) is 7.70. The number of para-hydroxylation sites is 1. The highest BCUT2D eigenvalue weighted by molar-refractivity contribution is 7.92. The van der Waals surface area contributed by atoms with E-state index in [1.54, 1.807) is 17.0 Å². The number of nitrogens with zero attached hydrogens (tertiary/aromatic N) is 1. The number of benzene rings is 3. The topological polar surface area (TPSA) is 94.2 Å². The lowest BCUT2D eigenvalue weighted by atomic mass is 10.0. The number of hydrogen-bond donors (Lipinski definition) is 1. The molecule has 0 spiro atoms. The van der Waals surface area contributed by atoms with E-state index in [9.17, 15) is 13.2 Å². The number of carbonyl (C=O) groups is 1. The van der Waals surface area contributed by atoms with E-state index in [0.717, 1.165) is 11.1 Å². The minimum atomic E-state index is -4.15. The Morgan fingerprint density at radius 3 is 2.22 bits per heavy atom. The number of methoxy groups -OCH3 is 2. The van der Waals surface area contributed by atoms with Crippen LogP contribution in [0.3, 0.4) is 0 Å². The average Bonchev–Trinajstić information content (AvgIpc) is 3.29. The number of anilines is 1. The molecule has 3 aromatic rings. The maximum absolute atomic E-state index is 15.4. The molecular weight excluding hydrogens is 499 g/mol. The summed E-state index contributed by atoms with van der Waals surface area (Å²) < 4.78 is 60.2. The first-order valence-corrected chi connectivity index (χ1v) is 13.1. The number of rotatable bonds is 8. The Hall–Kier alpha value is -3.63. The molecule has 2 atom stereocenters. The van der Waals surface area contributed by atoms with Crippen molar-refractivity contribution < 1.29 is 31.8 Å². The van der Waals surface area contributed by atoms with Gasteiger partial charge in [-0.3, -0.25) is 9.52 Å². The van der Waals surface area contributed by atoms with E-state index in [0.29, 0.717) is 5.56 Å². The molecule has 0 unspecified atom stereocenters. The fourth-order valence-electron chi connectivity index (χ4n) is 4.44. The summed E-state index contributed by atoms with van der Waals surface area (Å²) in [6.45, 7) is 4.22. The van der Waals surface area contributed by atoms with Crippen molar-refractivity contribution in [2.24, 2.45) is 0 Å². The summed E-state index contributed by atoms with van der Waals surface area (Å²) in [4.78, 5) is 14.8. The maximum Gasteiger partial charge on any atom is 0.265 e. The summed E-state index contributed by atoms with van der Waals surface area (Å²) in [7, 11) is -1.29. The van der Waals surface area contributed by atoms with Crippen molar-refractivity contribution in [3.8, 4) is 11.5 Å². The van der Waals surface area contributed by atoms with Crippen LogP contribution in [0.2, 0.25) is 0 Å². The first kappa shape index (κ1) is 26.4. The molecule has 1 amide bonds. The Bertz CT molecular complexity index is 1390. The summed E-state index contributed by atoms with van der Waals surface area (Å²) in [5.74, 6) is -1.06. The van der Waals surface area contributed by atoms with Crippen LogP contribution in [-0.4, -0.2) is 58.7 Å². The van der Waals surface area contributed by atoms with Crippen molar-refractivity contribution in [1.82, 2.24) is 4.90 Å². The number of hydrogen-bond acceptors (Lipinski definition) is 6.